The second kappa shape index (κ2) is 6.69. The fourth-order valence-electron chi connectivity index (χ4n) is 2.73. The van der Waals surface area contributed by atoms with Crippen LogP contribution in [0.2, 0.25) is 0 Å². The normalized spacial score (nSPS) is 11.1. The van der Waals surface area contributed by atoms with Gasteiger partial charge in [-0.15, -0.1) is 0 Å². The lowest BCUT2D eigenvalue weighted by Gasteiger charge is -2.09. The van der Waals surface area contributed by atoms with Crippen LogP contribution in [0.1, 0.15) is 31.7 Å². The SMILES string of the molecule is CC(C)c1ccc(NC(=O)CCn2ccc3ccccc32)cc1. The van der Waals surface area contributed by atoms with Crippen molar-refractivity contribution in [2.24, 2.45) is 0 Å². The van der Waals surface area contributed by atoms with E-state index in [1.54, 1.807) is 0 Å². The van der Waals surface area contributed by atoms with E-state index in [1.165, 1.54) is 16.5 Å². The number of amides is 1. The minimum absolute atomic E-state index is 0.0417. The van der Waals surface area contributed by atoms with Gasteiger partial charge in [0.05, 0.1) is 0 Å². The standard InChI is InChI=1S/C20H22N2O/c1-15(2)16-7-9-18(10-8-16)21-20(23)12-14-22-13-11-17-5-3-4-6-19(17)22/h3-11,13,15H,12,14H2,1-2H3,(H,21,23). The average molecular weight is 306 g/mol. The van der Waals surface area contributed by atoms with E-state index in [2.05, 4.69) is 54.1 Å². The molecule has 3 rings (SSSR count). The van der Waals surface area contributed by atoms with Gasteiger partial charge in [0, 0.05) is 30.4 Å². The van der Waals surface area contributed by atoms with Gasteiger partial charge in [-0.1, -0.05) is 44.2 Å². The third-order valence-electron chi connectivity index (χ3n) is 4.12. The van der Waals surface area contributed by atoms with Crippen LogP contribution < -0.4 is 5.32 Å². The predicted octanol–water partition coefficient (Wildman–Crippen LogP) is 4.79. The van der Waals surface area contributed by atoms with Crippen molar-refractivity contribution in [3.63, 3.8) is 0 Å². The van der Waals surface area contributed by atoms with Crippen molar-refractivity contribution in [1.82, 2.24) is 4.57 Å². The number of para-hydroxylation sites is 1. The Labute approximate surface area is 136 Å². The number of anilines is 1. The van der Waals surface area contributed by atoms with Crippen LogP contribution in [0.3, 0.4) is 0 Å². The Balaban J connectivity index is 1.59. The number of nitrogens with zero attached hydrogens (tertiary/aromatic N) is 1. The Hall–Kier alpha value is -2.55. The molecule has 23 heavy (non-hydrogen) atoms. The van der Waals surface area contributed by atoms with E-state index >= 15 is 0 Å². The largest absolute Gasteiger partial charge is 0.347 e. The molecule has 0 spiro atoms. The molecule has 3 heteroatoms. The zero-order chi connectivity index (χ0) is 16.2. The zero-order valence-electron chi connectivity index (χ0n) is 13.6. The molecule has 0 aliphatic rings. The number of carbonyl (C=O) groups is 1. The molecule has 1 amide bonds. The summed E-state index contributed by atoms with van der Waals surface area (Å²) in [5.41, 5.74) is 3.31. The van der Waals surface area contributed by atoms with Crippen LogP contribution in [-0.4, -0.2) is 10.5 Å². The first-order chi connectivity index (χ1) is 11.1. The average Bonchev–Trinajstić information content (AvgIpc) is 2.97. The quantitative estimate of drug-likeness (QED) is 0.722. The molecule has 0 fully saturated rings. The van der Waals surface area contributed by atoms with E-state index in [0.29, 0.717) is 18.9 Å². The number of rotatable bonds is 5. The summed E-state index contributed by atoms with van der Waals surface area (Å²) < 4.78 is 2.12. The van der Waals surface area contributed by atoms with E-state index in [9.17, 15) is 4.79 Å². The van der Waals surface area contributed by atoms with Gasteiger partial charge < -0.3 is 9.88 Å². The molecule has 2 aromatic carbocycles. The van der Waals surface area contributed by atoms with E-state index in [-0.39, 0.29) is 5.91 Å². The summed E-state index contributed by atoms with van der Waals surface area (Å²) in [5.74, 6) is 0.543. The Morgan fingerprint density at radius 2 is 1.78 bits per heavy atom. The van der Waals surface area contributed by atoms with Gasteiger partial charge in [0.15, 0.2) is 0 Å². The summed E-state index contributed by atoms with van der Waals surface area (Å²) in [5, 5.41) is 4.17. The summed E-state index contributed by atoms with van der Waals surface area (Å²) in [6.45, 7) is 5.01. The number of fused-ring (bicyclic) bond motifs is 1. The van der Waals surface area contributed by atoms with E-state index in [0.717, 1.165) is 5.69 Å². The number of aryl methyl sites for hydroxylation is 1. The fourth-order valence-corrected chi connectivity index (χ4v) is 2.73. The molecule has 3 aromatic rings. The van der Waals surface area contributed by atoms with Crippen molar-refractivity contribution in [2.75, 3.05) is 5.32 Å². The molecule has 0 saturated carbocycles. The highest BCUT2D eigenvalue weighted by Crippen LogP contribution is 2.18. The van der Waals surface area contributed by atoms with Crippen LogP contribution in [0.15, 0.2) is 60.8 Å². The van der Waals surface area contributed by atoms with Gasteiger partial charge in [-0.05, 0) is 41.1 Å². The first-order valence-corrected chi connectivity index (χ1v) is 8.07. The molecule has 0 radical (unpaired) electrons. The summed E-state index contributed by atoms with van der Waals surface area (Å²) in [7, 11) is 0. The predicted molar refractivity (Wildman–Crippen MR) is 95.7 cm³/mol. The van der Waals surface area contributed by atoms with Gasteiger partial charge in [0.25, 0.3) is 0 Å². The number of benzene rings is 2. The Kier molecular flexibility index (Phi) is 4.47. The van der Waals surface area contributed by atoms with E-state index in [1.807, 2.05) is 30.5 Å². The van der Waals surface area contributed by atoms with Crippen molar-refractivity contribution in [1.29, 1.82) is 0 Å². The van der Waals surface area contributed by atoms with Gasteiger partial charge in [-0.2, -0.15) is 0 Å². The van der Waals surface area contributed by atoms with Crippen molar-refractivity contribution < 1.29 is 4.79 Å². The zero-order valence-corrected chi connectivity index (χ0v) is 13.6. The summed E-state index contributed by atoms with van der Waals surface area (Å²) >= 11 is 0. The van der Waals surface area contributed by atoms with Crippen molar-refractivity contribution in [3.8, 4) is 0 Å². The van der Waals surface area contributed by atoms with Crippen molar-refractivity contribution >= 4 is 22.5 Å². The lowest BCUT2D eigenvalue weighted by atomic mass is 10.0. The van der Waals surface area contributed by atoms with E-state index in [4.69, 9.17) is 0 Å². The Morgan fingerprint density at radius 3 is 2.52 bits per heavy atom. The third-order valence-corrected chi connectivity index (χ3v) is 4.12. The molecule has 0 aliphatic heterocycles. The van der Waals surface area contributed by atoms with Gasteiger partial charge in [-0.3, -0.25) is 4.79 Å². The van der Waals surface area contributed by atoms with Crippen molar-refractivity contribution in [2.45, 2.75) is 32.7 Å². The molecule has 118 valence electrons. The lowest BCUT2D eigenvalue weighted by molar-refractivity contribution is -0.116. The van der Waals surface area contributed by atoms with Gasteiger partial charge in [0.2, 0.25) is 5.91 Å². The highest BCUT2D eigenvalue weighted by molar-refractivity contribution is 5.90. The fraction of sp³-hybridized carbons (Fsp3) is 0.250. The maximum absolute atomic E-state index is 12.1. The number of aromatic nitrogens is 1. The summed E-state index contributed by atoms with van der Waals surface area (Å²) in [6.07, 6.45) is 2.50. The van der Waals surface area contributed by atoms with Crippen LogP contribution in [0, 0.1) is 0 Å². The van der Waals surface area contributed by atoms with Crippen LogP contribution >= 0.6 is 0 Å². The van der Waals surface area contributed by atoms with Crippen LogP contribution in [0.25, 0.3) is 10.9 Å². The van der Waals surface area contributed by atoms with Crippen LogP contribution in [0.5, 0.6) is 0 Å². The summed E-state index contributed by atoms with van der Waals surface area (Å²) in [4.78, 5) is 12.1. The lowest BCUT2D eigenvalue weighted by Crippen LogP contribution is -2.14. The topological polar surface area (TPSA) is 34.0 Å². The molecule has 0 bridgehead atoms. The maximum Gasteiger partial charge on any atom is 0.226 e. The number of nitrogens with one attached hydrogen (secondary N) is 1. The van der Waals surface area contributed by atoms with Crippen molar-refractivity contribution in [3.05, 3.63) is 66.4 Å². The third kappa shape index (κ3) is 3.62. The first kappa shape index (κ1) is 15.3. The van der Waals surface area contributed by atoms with E-state index < -0.39 is 0 Å². The highest BCUT2D eigenvalue weighted by atomic mass is 16.1. The van der Waals surface area contributed by atoms with Crippen LogP contribution in [-0.2, 0) is 11.3 Å². The molecule has 0 saturated heterocycles. The van der Waals surface area contributed by atoms with Crippen LogP contribution in [0.4, 0.5) is 5.69 Å². The minimum Gasteiger partial charge on any atom is -0.347 e. The number of hydrogen-bond acceptors (Lipinski definition) is 1. The molecule has 1 N–H and O–H groups in total. The molecule has 0 aliphatic carbocycles. The molecular formula is C20H22N2O. The monoisotopic (exact) mass is 306 g/mol. The van der Waals surface area contributed by atoms with Gasteiger partial charge >= 0.3 is 0 Å². The molecule has 1 aromatic heterocycles. The summed E-state index contributed by atoms with van der Waals surface area (Å²) in [6, 6.07) is 18.4. The Morgan fingerprint density at radius 1 is 1.04 bits per heavy atom. The molecule has 1 heterocycles. The number of hydrogen-bond donors (Lipinski definition) is 1. The van der Waals surface area contributed by atoms with Gasteiger partial charge in [0.1, 0.15) is 0 Å². The molecular weight excluding hydrogens is 284 g/mol. The first-order valence-electron chi connectivity index (χ1n) is 8.07. The molecule has 0 atom stereocenters. The maximum atomic E-state index is 12.1. The molecule has 3 nitrogen and oxygen atoms in total. The second-order valence-corrected chi connectivity index (χ2v) is 6.14. The smallest absolute Gasteiger partial charge is 0.226 e. The van der Waals surface area contributed by atoms with Gasteiger partial charge in [-0.25, -0.2) is 0 Å². The Bertz CT molecular complexity index is 800. The number of carbonyl (C=O) groups excluding carboxylic acids is 1. The second-order valence-electron chi connectivity index (χ2n) is 6.14. The highest BCUT2D eigenvalue weighted by Gasteiger charge is 2.06. The minimum atomic E-state index is 0.0417. The molecule has 0 unspecified atom stereocenters.